The zero-order valence-electron chi connectivity index (χ0n) is 8.75. The first-order chi connectivity index (χ1) is 6.77. The maximum Gasteiger partial charge on any atom is 0.0493 e. The van der Waals surface area contributed by atoms with Gasteiger partial charge in [-0.25, -0.2) is 0 Å². The van der Waals surface area contributed by atoms with Gasteiger partial charge in [0.25, 0.3) is 0 Å². The summed E-state index contributed by atoms with van der Waals surface area (Å²) in [5, 5.41) is 4.17. The maximum atomic E-state index is 4.17. The molecule has 0 spiro atoms. The molecule has 0 unspecified atom stereocenters. The van der Waals surface area contributed by atoms with E-state index < -0.39 is 0 Å². The van der Waals surface area contributed by atoms with Crippen molar-refractivity contribution in [2.24, 2.45) is 0 Å². The zero-order valence-corrected chi connectivity index (χ0v) is 11.0. The van der Waals surface area contributed by atoms with E-state index in [4.69, 9.17) is 0 Å². The van der Waals surface area contributed by atoms with Crippen molar-refractivity contribution in [1.29, 1.82) is 0 Å². The minimum Gasteiger partial charge on any atom is -0.266 e. The molecule has 2 aromatic rings. The molecule has 0 bridgehead atoms. The van der Waals surface area contributed by atoms with Crippen LogP contribution in [0.1, 0.15) is 25.3 Å². The van der Waals surface area contributed by atoms with E-state index in [1.54, 1.807) is 6.20 Å². The van der Waals surface area contributed by atoms with Crippen LogP contribution in [0.3, 0.4) is 0 Å². The summed E-state index contributed by atoms with van der Waals surface area (Å²) in [7, 11) is 0. The van der Waals surface area contributed by atoms with Gasteiger partial charge in [0.15, 0.2) is 0 Å². The van der Waals surface area contributed by atoms with Gasteiger partial charge in [0.1, 0.15) is 0 Å². The summed E-state index contributed by atoms with van der Waals surface area (Å²) in [6.45, 7) is 4.37. The Bertz CT molecular complexity index is 407. The second-order valence-corrected chi connectivity index (χ2v) is 3.61. The average molecular weight is 380 g/mol. The predicted molar refractivity (Wildman–Crippen MR) is 56.5 cm³/mol. The van der Waals surface area contributed by atoms with E-state index in [1.807, 2.05) is 23.0 Å². The molecule has 1 heterocycles. The van der Waals surface area contributed by atoms with Crippen LogP contribution in [-0.2, 0) is 21.1 Å². The van der Waals surface area contributed by atoms with Gasteiger partial charge >= 0.3 is 0 Å². The molecule has 0 radical (unpaired) electrons. The topological polar surface area (TPSA) is 17.8 Å². The Morgan fingerprint density at radius 1 is 1.40 bits per heavy atom. The Hall–Kier alpha value is -0.882. The minimum absolute atomic E-state index is 0. The number of hydrogen-bond acceptors (Lipinski definition) is 1. The molecular weight excluding hydrogens is 367 g/mol. The second kappa shape index (κ2) is 5.27. The van der Waals surface area contributed by atoms with Crippen LogP contribution in [0.15, 0.2) is 36.7 Å². The van der Waals surface area contributed by atoms with E-state index in [0.29, 0.717) is 5.92 Å². The summed E-state index contributed by atoms with van der Waals surface area (Å²) in [6, 6.07) is 11.2. The van der Waals surface area contributed by atoms with Gasteiger partial charge in [0.2, 0.25) is 0 Å². The number of nitrogens with zero attached hydrogens (tertiary/aromatic N) is 2. The fourth-order valence-electron chi connectivity index (χ4n) is 1.37. The van der Waals surface area contributed by atoms with Crippen LogP contribution in [0.4, 0.5) is 0 Å². The molecule has 0 aliphatic carbocycles. The molecule has 0 aliphatic rings. The molecule has 15 heavy (non-hydrogen) atoms. The quantitative estimate of drug-likeness (QED) is 0.733. The Morgan fingerprint density at radius 2 is 2.20 bits per heavy atom. The standard InChI is InChI=1S/C12H13N2.Pt/c1-10(2)11-5-3-6-12(9-11)14-8-4-7-13-14;/h3-5,7-10H,1-2H3;/q-1;. The molecule has 3 heteroatoms. The molecule has 82 valence electrons. The van der Waals surface area contributed by atoms with Crippen molar-refractivity contribution >= 4 is 0 Å². The normalized spacial score (nSPS) is 10.1. The van der Waals surface area contributed by atoms with Crippen LogP contribution < -0.4 is 0 Å². The summed E-state index contributed by atoms with van der Waals surface area (Å²) in [6.07, 6.45) is 3.70. The van der Waals surface area contributed by atoms with Gasteiger partial charge in [-0.1, -0.05) is 13.8 Å². The van der Waals surface area contributed by atoms with E-state index in [2.05, 4.69) is 37.1 Å². The van der Waals surface area contributed by atoms with Gasteiger partial charge < -0.3 is 0 Å². The van der Waals surface area contributed by atoms with Gasteiger partial charge in [-0.15, -0.1) is 6.07 Å². The first-order valence-corrected chi connectivity index (χ1v) is 4.79. The molecule has 0 amide bonds. The monoisotopic (exact) mass is 380 g/mol. The van der Waals surface area contributed by atoms with Gasteiger partial charge in [-0.05, 0) is 17.7 Å². The van der Waals surface area contributed by atoms with Crippen LogP contribution in [0, 0.1) is 6.07 Å². The Morgan fingerprint density at radius 3 is 2.80 bits per heavy atom. The molecule has 0 fully saturated rings. The summed E-state index contributed by atoms with van der Waals surface area (Å²) >= 11 is 0. The van der Waals surface area contributed by atoms with Crippen molar-refractivity contribution in [1.82, 2.24) is 9.78 Å². The van der Waals surface area contributed by atoms with Crippen molar-refractivity contribution in [3.63, 3.8) is 0 Å². The molecule has 0 atom stereocenters. The van der Waals surface area contributed by atoms with E-state index >= 15 is 0 Å². The number of aromatic nitrogens is 2. The van der Waals surface area contributed by atoms with Crippen LogP contribution >= 0.6 is 0 Å². The maximum absolute atomic E-state index is 4.17. The summed E-state index contributed by atoms with van der Waals surface area (Å²) in [5.74, 6) is 0.541. The Balaban J connectivity index is 0.00000112. The van der Waals surface area contributed by atoms with Crippen LogP contribution in [-0.4, -0.2) is 9.78 Å². The Labute approximate surface area is 105 Å². The SMILES string of the molecule is CC(C)c1cc[c-]c(-n2cccn2)c1.[Pt]. The fourth-order valence-corrected chi connectivity index (χ4v) is 1.37. The summed E-state index contributed by atoms with van der Waals surface area (Å²) in [5.41, 5.74) is 2.32. The van der Waals surface area contributed by atoms with E-state index in [9.17, 15) is 0 Å². The van der Waals surface area contributed by atoms with E-state index in [-0.39, 0.29) is 21.1 Å². The van der Waals surface area contributed by atoms with Gasteiger partial charge in [-0.3, -0.25) is 4.68 Å². The number of rotatable bonds is 2. The minimum atomic E-state index is 0. The summed E-state index contributed by atoms with van der Waals surface area (Å²) in [4.78, 5) is 0. The Kier molecular flexibility index (Phi) is 4.28. The third-order valence-electron chi connectivity index (χ3n) is 2.23. The zero-order chi connectivity index (χ0) is 9.97. The summed E-state index contributed by atoms with van der Waals surface area (Å²) < 4.78 is 1.83. The molecule has 2 rings (SSSR count). The fraction of sp³-hybridized carbons (Fsp3) is 0.250. The number of hydrogen-bond donors (Lipinski definition) is 0. The average Bonchev–Trinajstić information content (AvgIpc) is 2.71. The molecule has 1 aromatic heterocycles. The predicted octanol–water partition coefficient (Wildman–Crippen LogP) is 2.79. The van der Waals surface area contributed by atoms with Crippen molar-refractivity contribution in [2.45, 2.75) is 19.8 Å². The van der Waals surface area contributed by atoms with E-state index in [1.165, 1.54) is 5.56 Å². The first kappa shape index (κ1) is 12.2. The van der Waals surface area contributed by atoms with E-state index in [0.717, 1.165) is 5.69 Å². The van der Waals surface area contributed by atoms with Crippen molar-refractivity contribution < 1.29 is 21.1 Å². The second-order valence-electron chi connectivity index (χ2n) is 3.61. The van der Waals surface area contributed by atoms with Gasteiger partial charge in [0, 0.05) is 33.5 Å². The van der Waals surface area contributed by atoms with Gasteiger partial charge in [-0.2, -0.15) is 28.9 Å². The smallest absolute Gasteiger partial charge is 0.0493 e. The molecule has 0 saturated carbocycles. The molecule has 2 nitrogen and oxygen atoms in total. The molecule has 1 aromatic carbocycles. The molecule has 0 saturated heterocycles. The van der Waals surface area contributed by atoms with Crippen LogP contribution in [0.25, 0.3) is 5.69 Å². The third kappa shape index (κ3) is 2.79. The third-order valence-corrected chi connectivity index (χ3v) is 2.23. The van der Waals surface area contributed by atoms with Gasteiger partial charge in [0.05, 0.1) is 0 Å². The molecular formula is C12H13N2Pt-. The van der Waals surface area contributed by atoms with Crippen LogP contribution in [0.2, 0.25) is 0 Å². The molecule has 0 aliphatic heterocycles. The first-order valence-electron chi connectivity index (χ1n) is 4.79. The van der Waals surface area contributed by atoms with Crippen molar-refractivity contribution in [3.05, 3.63) is 48.3 Å². The molecule has 0 N–H and O–H groups in total. The van der Waals surface area contributed by atoms with Crippen LogP contribution in [0.5, 0.6) is 0 Å². The number of benzene rings is 1. The largest absolute Gasteiger partial charge is 0.266 e. The van der Waals surface area contributed by atoms with Crippen molar-refractivity contribution in [3.8, 4) is 5.69 Å². The van der Waals surface area contributed by atoms with Crippen molar-refractivity contribution in [2.75, 3.05) is 0 Å².